The second-order valence-corrected chi connectivity index (χ2v) is 5.83. The van der Waals surface area contributed by atoms with Gasteiger partial charge in [0.1, 0.15) is 0 Å². The van der Waals surface area contributed by atoms with E-state index in [9.17, 15) is 9.90 Å². The predicted molar refractivity (Wildman–Crippen MR) is 79.3 cm³/mol. The number of benzene rings is 1. The van der Waals surface area contributed by atoms with Crippen LogP contribution in [0, 0.1) is 5.92 Å². The first-order valence-electron chi connectivity index (χ1n) is 6.84. The Hall–Kier alpha value is -1.00. The molecule has 0 saturated heterocycles. The van der Waals surface area contributed by atoms with Crippen LogP contribution in [0.4, 0.5) is 0 Å². The van der Waals surface area contributed by atoms with E-state index in [4.69, 9.17) is 0 Å². The van der Waals surface area contributed by atoms with Crippen molar-refractivity contribution in [3.63, 3.8) is 0 Å². The van der Waals surface area contributed by atoms with Crippen molar-refractivity contribution in [2.24, 2.45) is 5.92 Å². The molecule has 1 aromatic rings. The van der Waals surface area contributed by atoms with Gasteiger partial charge in [0.15, 0.2) is 0 Å². The Morgan fingerprint density at radius 1 is 1.37 bits per heavy atom. The maximum atomic E-state index is 11.9. The van der Waals surface area contributed by atoms with E-state index >= 15 is 0 Å². The van der Waals surface area contributed by atoms with Gasteiger partial charge in [-0.1, -0.05) is 36.8 Å². The Balaban J connectivity index is 1.76. The molecule has 3 unspecified atom stereocenters. The number of hydrogen-bond donors (Lipinski definition) is 3. The maximum Gasteiger partial charge on any atom is 0.233 e. The maximum absolute atomic E-state index is 11.9. The topological polar surface area (TPSA) is 49.3 Å². The standard InChI is InChI=1S/C15H21NO2S/c17-13-8-4-7-12(13)10-16-15(18)14(19)9-11-5-2-1-3-6-11/h1-3,5-6,12-14,17,19H,4,7-10H2,(H,16,18). The highest BCUT2D eigenvalue weighted by Crippen LogP contribution is 2.24. The summed E-state index contributed by atoms with van der Waals surface area (Å²) >= 11 is 4.36. The third-order valence-corrected chi connectivity index (χ3v) is 4.15. The molecule has 3 nitrogen and oxygen atoms in total. The van der Waals surface area contributed by atoms with Gasteiger partial charge in [-0.2, -0.15) is 12.6 Å². The number of carbonyl (C=O) groups is 1. The van der Waals surface area contributed by atoms with Crippen LogP contribution in [-0.2, 0) is 11.2 Å². The van der Waals surface area contributed by atoms with Crippen LogP contribution in [0.1, 0.15) is 24.8 Å². The van der Waals surface area contributed by atoms with Crippen LogP contribution in [0.5, 0.6) is 0 Å². The molecule has 0 aromatic heterocycles. The quantitative estimate of drug-likeness (QED) is 0.720. The van der Waals surface area contributed by atoms with Crippen molar-refractivity contribution in [1.82, 2.24) is 5.32 Å². The van der Waals surface area contributed by atoms with Gasteiger partial charge in [0.05, 0.1) is 11.4 Å². The largest absolute Gasteiger partial charge is 0.393 e. The highest BCUT2D eigenvalue weighted by Gasteiger charge is 2.26. The lowest BCUT2D eigenvalue weighted by atomic mass is 10.1. The zero-order valence-electron chi connectivity index (χ0n) is 11.0. The van der Waals surface area contributed by atoms with Gasteiger partial charge in [-0.15, -0.1) is 0 Å². The lowest BCUT2D eigenvalue weighted by Gasteiger charge is -2.17. The average Bonchev–Trinajstić information content (AvgIpc) is 2.82. The Morgan fingerprint density at radius 2 is 2.11 bits per heavy atom. The summed E-state index contributed by atoms with van der Waals surface area (Å²) in [5.41, 5.74) is 1.11. The van der Waals surface area contributed by atoms with Gasteiger partial charge in [-0.3, -0.25) is 4.79 Å². The van der Waals surface area contributed by atoms with E-state index in [-0.39, 0.29) is 23.2 Å². The molecule has 0 aliphatic heterocycles. The monoisotopic (exact) mass is 279 g/mol. The molecular formula is C15H21NO2S. The second kappa shape index (κ2) is 6.96. The van der Waals surface area contributed by atoms with Crippen LogP contribution in [0.2, 0.25) is 0 Å². The van der Waals surface area contributed by atoms with Crippen molar-refractivity contribution in [3.8, 4) is 0 Å². The molecule has 1 aromatic carbocycles. The molecule has 2 rings (SSSR count). The van der Waals surface area contributed by atoms with Gasteiger partial charge < -0.3 is 10.4 Å². The highest BCUT2D eigenvalue weighted by molar-refractivity contribution is 7.81. The number of aliphatic hydroxyl groups is 1. The molecule has 1 aliphatic carbocycles. The molecule has 3 atom stereocenters. The Morgan fingerprint density at radius 3 is 2.74 bits per heavy atom. The number of amides is 1. The summed E-state index contributed by atoms with van der Waals surface area (Å²) in [6.07, 6.45) is 3.28. The van der Waals surface area contributed by atoms with Crippen LogP contribution in [-0.4, -0.2) is 28.9 Å². The lowest BCUT2D eigenvalue weighted by Crippen LogP contribution is -2.37. The molecule has 0 spiro atoms. The van der Waals surface area contributed by atoms with E-state index in [1.165, 1.54) is 0 Å². The summed E-state index contributed by atoms with van der Waals surface area (Å²) in [4.78, 5) is 11.9. The Labute approximate surface area is 119 Å². The normalized spacial score (nSPS) is 24.1. The number of hydrogen-bond acceptors (Lipinski definition) is 3. The number of thiol groups is 1. The summed E-state index contributed by atoms with van der Waals surface area (Å²) in [7, 11) is 0. The van der Waals surface area contributed by atoms with Crippen LogP contribution in [0.25, 0.3) is 0 Å². The molecule has 19 heavy (non-hydrogen) atoms. The Bertz CT molecular complexity index is 410. The summed E-state index contributed by atoms with van der Waals surface area (Å²) < 4.78 is 0. The van der Waals surface area contributed by atoms with Crippen molar-refractivity contribution in [3.05, 3.63) is 35.9 Å². The van der Waals surface area contributed by atoms with E-state index in [1.807, 2.05) is 30.3 Å². The molecule has 1 amide bonds. The lowest BCUT2D eigenvalue weighted by molar-refractivity contribution is -0.120. The zero-order chi connectivity index (χ0) is 13.7. The zero-order valence-corrected chi connectivity index (χ0v) is 11.9. The van der Waals surface area contributed by atoms with Crippen LogP contribution < -0.4 is 5.32 Å². The third-order valence-electron chi connectivity index (χ3n) is 3.73. The molecular weight excluding hydrogens is 258 g/mol. The van der Waals surface area contributed by atoms with Crippen molar-refractivity contribution in [2.45, 2.75) is 37.0 Å². The minimum atomic E-state index is -0.332. The van der Waals surface area contributed by atoms with Crippen molar-refractivity contribution < 1.29 is 9.90 Å². The van der Waals surface area contributed by atoms with Crippen LogP contribution in [0.3, 0.4) is 0 Å². The fourth-order valence-electron chi connectivity index (χ4n) is 2.53. The van der Waals surface area contributed by atoms with Gasteiger partial charge in [-0.25, -0.2) is 0 Å². The van der Waals surface area contributed by atoms with E-state index in [0.717, 1.165) is 24.8 Å². The van der Waals surface area contributed by atoms with Gasteiger partial charge >= 0.3 is 0 Å². The SMILES string of the molecule is O=C(NCC1CCCC1O)C(S)Cc1ccccc1. The van der Waals surface area contributed by atoms with Crippen molar-refractivity contribution in [1.29, 1.82) is 0 Å². The molecule has 1 saturated carbocycles. The predicted octanol–water partition coefficient (Wildman–Crippen LogP) is 1.80. The van der Waals surface area contributed by atoms with E-state index in [0.29, 0.717) is 13.0 Å². The molecule has 1 aliphatic rings. The molecule has 0 heterocycles. The van der Waals surface area contributed by atoms with Crippen LogP contribution in [0.15, 0.2) is 30.3 Å². The fourth-order valence-corrected chi connectivity index (χ4v) is 2.84. The van der Waals surface area contributed by atoms with Crippen molar-refractivity contribution in [2.75, 3.05) is 6.54 Å². The number of nitrogens with one attached hydrogen (secondary N) is 1. The molecule has 2 N–H and O–H groups in total. The number of aliphatic hydroxyl groups excluding tert-OH is 1. The van der Waals surface area contributed by atoms with E-state index in [1.54, 1.807) is 0 Å². The third kappa shape index (κ3) is 4.25. The first-order chi connectivity index (χ1) is 9.16. The average molecular weight is 279 g/mol. The van der Waals surface area contributed by atoms with Crippen LogP contribution >= 0.6 is 12.6 Å². The van der Waals surface area contributed by atoms with E-state index in [2.05, 4.69) is 17.9 Å². The molecule has 104 valence electrons. The summed E-state index contributed by atoms with van der Waals surface area (Å²) in [5.74, 6) is 0.160. The first kappa shape index (κ1) is 14.4. The molecule has 1 fully saturated rings. The molecule has 0 bridgehead atoms. The number of rotatable bonds is 5. The summed E-state index contributed by atoms with van der Waals surface area (Å²) in [6.45, 7) is 0.561. The second-order valence-electron chi connectivity index (χ2n) is 5.21. The highest BCUT2D eigenvalue weighted by atomic mass is 32.1. The summed E-state index contributed by atoms with van der Waals surface area (Å²) in [5, 5.41) is 12.3. The van der Waals surface area contributed by atoms with Gasteiger partial charge in [0.25, 0.3) is 0 Å². The Kier molecular flexibility index (Phi) is 5.28. The number of carbonyl (C=O) groups excluding carboxylic acids is 1. The van der Waals surface area contributed by atoms with Gasteiger partial charge in [0, 0.05) is 12.5 Å². The van der Waals surface area contributed by atoms with Gasteiger partial charge in [0.2, 0.25) is 5.91 Å². The minimum absolute atomic E-state index is 0.0497. The molecule has 4 heteroatoms. The molecule has 0 radical (unpaired) electrons. The first-order valence-corrected chi connectivity index (χ1v) is 7.36. The smallest absolute Gasteiger partial charge is 0.233 e. The minimum Gasteiger partial charge on any atom is -0.393 e. The van der Waals surface area contributed by atoms with E-state index < -0.39 is 0 Å². The van der Waals surface area contributed by atoms with Crippen molar-refractivity contribution >= 4 is 18.5 Å². The van der Waals surface area contributed by atoms with Gasteiger partial charge in [-0.05, 0) is 24.8 Å². The fraction of sp³-hybridized carbons (Fsp3) is 0.533. The summed E-state index contributed by atoms with van der Waals surface area (Å²) in [6, 6.07) is 9.87.